The maximum atomic E-state index is 13.0. The molecule has 1 atom stereocenters. The van der Waals surface area contributed by atoms with Crippen molar-refractivity contribution in [3.05, 3.63) is 35.9 Å². The molecule has 1 heterocycles. The van der Waals surface area contributed by atoms with Crippen LogP contribution in [0.4, 0.5) is 18.0 Å². The summed E-state index contributed by atoms with van der Waals surface area (Å²) in [5, 5.41) is 4.29. The van der Waals surface area contributed by atoms with Gasteiger partial charge in [0.1, 0.15) is 18.6 Å². The number of hydrogen-bond donors (Lipinski definition) is 2. The lowest BCUT2D eigenvalue weighted by Gasteiger charge is -2.29. The monoisotopic (exact) mass is 371 g/mol. The lowest BCUT2D eigenvalue weighted by atomic mass is 9.82. The topological polar surface area (TPSA) is 78.5 Å². The van der Waals surface area contributed by atoms with E-state index in [4.69, 9.17) is 0 Å². The van der Waals surface area contributed by atoms with Crippen LogP contribution in [0.2, 0.25) is 0 Å². The first-order valence-corrected chi connectivity index (χ1v) is 8.08. The third-order valence-corrected chi connectivity index (χ3v) is 3.94. The Morgan fingerprint density at radius 2 is 1.85 bits per heavy atom. The average Bonchev–Trinajstić information content (AvgIpc) is 2.78. The number of carbonyl (C=O) groups excluding carboxylic acids is 3. The van der Waals surface area contributed by atoms with E-state index in [2.05, 4.69) is 5.32 Å². The lowest BCUT2D eigenvalue weighted by molar-refractivity contribution is -0.141. The van der Waals surface area contributed by atoms with Crippen molar-refractivity contribution in [1.29, 1.82) is 0 Å². The fourth-order valence-corrected chi connectivity index (χ4v) is 2.95. The number of imide groups is 1. The Balaban J connectivity index is 2.23. The van der Waals surface area contributed by atoms with Crippen molar-refractivity contribution in [2.75, 3.05) is 13.1 Å². The summed E-state index contributed by atoms with van der Waals surface area (Å²) < 4.78 is 36.6. The van der Waals surface area contributed by atoms with Gasteiger partial charge in [-0.15, -0.1) is 0 Å². The molecule has 142 valence electrons. The van der Waals surface area contributed by atoms with E-state index in [1.54, 1.807) is 35.6 Å². The second kappa shape index (κ2) is 7.35. The number of nitrogens with zero attached hydrogens (tertiary/aromatic N) is 1. The number of nitrogens with one attached hydrogen (secondary N) is 2. The Bertz CT molecular complexity index is 691. The number of carbonyl (C=O) groups is 3. The number of hydrogen-bond acceptors (Lipinski definition) is 3. The van der Waals surface area contributed by atoms with E-state index in [0.717, 1.165) is 0 Å². The highest BCUT2D eigenvalue weighted by Crippen LogP contribution is 2.35. The molecule has 4 amide bonds. The van der Waals surface area contributed by atoms with Crippen LogP contribution in [0.15, 0.2) is 30.3 Å². The molecule has 1 saturated heterocycles. The van der Waals surface area contributed by atoms with Crippen LogP contribution in [0.3, 0.4) is 0 Å². The third-order valence-electron chi connectivity index (χ3n) is 3.94. The largest absolute Gasteiger partial charge is 0.405 e. The summed E-state index contributed by atoms with van der Waals surface area (Å²) in [5.41, 5.74) is -0.776. The molecule has 6 nitrogen and oxygen atoms in total. The van der Waals surface area contributed by atoms with Gasteiger partial charge in [-0.3, -0.25) is 14.5 Å². The van der Waals surface area contributed by atoms with E-state index in [9.17, 15) is 27.6 Å². The Morgan fingerprint density at radius 1 is 1.23 bits per heavy atom. The van der Waals surface area contributed by atoms with Gasteiger partial charge < -0.3 is 10.6 Å². The standard InChI is InChI=1S/C17H20F3N3O3/c1-11(2)8-16(12-6-4-3-5-7-12)14(25)23(15(26)22-16)9-13(24)21-10-17(18,19)20/h3-7,11H,8-10H2,1-2H3,(H,21,24)(H,22,26)/t16-/m0/s1. The summed E-state index contributed by atoms with van der Waals surface area (Å²) in [4.78, 5) is 37.6. The van der Waals surface area contributed by atoms with Gasteiger partial charge in [0.15, 0.2) is 0 Å². The molecule has 0 unspecified atom stereocenters. The Hall–Kier alpha value is -2.58. The Labute approximate surface area is 148 Å². The third kappa shape index (κ3) is 4.33. The van der Waals surface area contributed by atoms with E-state index in [1.165, 1.54) is 0 Å². The van der Waals surface area contributed by atoms with Crippen molar-refractivity contribution in [1.82, 2.24) is 15.5 Å². The molecule has 1 aliphatic rings. The molecule has 1 fully saturated rings. The minimum atomic E-state index is -4.57. The van der Waals surface area contributed by atoms with E-state index in [1.807, 2.05) is 13.8 Å². The molecule has 0 bridgehead atoms. The van der Waals surface area contributed by atoms with E-state index >= 15 is 0 Å². The molecule has 9 heteroatoms. The zero-order valence-corrected chi connectivity index (χ0v) is 14.4. The molecule has 0 spiro atoms. The van der Waals surface area contributed by atoms with Gasteiger partial charge in [0.25, 0.3) is 5.91 Å². The summed E-state index contributed by atoms with van der Waals surface area (Å²) in [6.07, 6.45) is -4.28. The maximum Gasteiger partial charge on any atom is 0.405 e. The van der Waals surface area contributed by atoms with Gasteiger partial charge in [0.05, 0.1) is 0 Å². The molecule has 1 aromatic rings. The molecular formula is C17H20F3N3O3. The van der Waals surface area contributed by atoms with Gasteiger partial charge in [0.2, 0.25) is 5.91 Å². The van der Waals surface area contributed by atoms with Crippen LogP contribution in [0.5, 0.6) is 0 Å². The Morgan fingerprint density at radius 3 is 2.38 bits per heavy atom. The smallest absolute Gasteiger partial charge is 0.345 e. The minimum absolute atomic E-state index is 0.0402. The van der Waals surface area contributed by atoms with Gasteiger partial charge in [0, 0.05) is 0 Å². The van der Waals surface area contributed by atoms with Crippen molar-refractivity contribution in [3.8, 4) is 0 Å². The summed E-state index contributed by atoms with van der Waals surface area (Å²) in [5.74, 6) is -1.66. The number of amides is 4. The quantitative estimate of drug-likeness (QED) is 0.753. The van der Waals surface area contributed by atoms with Crippen LogP contribution in [-0.4, -0.2) is 42.0 Å². The van der Waals surface area contributed by atoms with Crippen LogP contribution >= 0.6 is 0 Å². The van der Waals surface area contributed by atoms with E-state index in [0.29, 0.717) is 16.9 Å². The first-order chi connectivity index (χ1) is 12.0. The number of alkyl halides is 3. The molecule has 2 rings (SSSR count). The highest BCUT2D eigenvalue weighted by atomic mass is 19.4. The molecule has 0 saturated carbocycles. The van der Waals surface area contributed by atoms with Gasteiger partial charge in [-0.05, 0) is 17.9 Å². The van der Waals surface area contributed by atoms with Gasteiger partial charge >= 0.3 is 12.2 Å². The van der Waals surface area contributed by atoms with Gasteiger partial charge in [-0.2, -0.15) is 13.2 Å². The molecule has 0 radical (unpaired) electrons. The second-order valence-corrected chi connectivity index (χ2v) is 6.58. The summed E-state index contributed by atoms with van der Waals surface area (Å²) in [6, 6.07) is 7.77. The molecule has 26 heavy (non-hydrogen) atoms. The predicted molar refractivity (Wildman–Crippen MR) is 86.9 cm³/mol. The van der Waals surface area contributed by atoms with Gasteiger partial charge in [-0.25, -0.2) is 4.79 Å². The van der Waals surface area contributed by atoms with Crippen molar-refractivity contribution < 1.29 is 27.6 Å². The summed E-state index contributed by atoms with van der Waals surface area (Å²) in [7, 11) is 0. The molecule has 1 aromatic carbocycles. The number of rotatable bonds is 6. The van der Waals surface area contributed by atoms with Crippen molar-refractivity contribution in [2.24, 2.45) is 5.92 Å². The average molecular weight is 371 g/mol. The summed E-state index contributed by atoms with van der Waals surface area (Å²) in [6.45, 7) is 1.46. The molecule has 1 aliphatic heterocycles. The fraction of sp³-hybridized carbons (Fsp3) is 0.471. The normalized spacial score (nSPS) is 20.5. The van der Waals surface area contributed by atoms with Crippen LogP contribution in [0.25, 0.3) is 0 Å². The molecule has 2 N–H and O–H groups in total. The molecular weight excluding hydrogens is 351 g/mol. The van der Waals surface area contributed by atoms with Crippen molar-refractivity contribution in [2.45, 2.75) is 32.0 Å². The summed E-state index contributed by atoms with van der Waals surface area (Å²) >= 11 is 0. The van der Waals surface area contributed by atoms with Crippen LogP contribution in [0, 0.1) is 5.92 Å². The lowest BCUT2D eigenvalue weighted by Crippen LogP contribution is -2.46. The minimum Gasteiger partial charge on any atom is -0.345 e. The fourth-order valence-electron chi connectivity index (χ4n) is 2.95. The zero-order valence-electron chi connectivity index (χ0n) is 14.4. The zero-order chi connectivity index (χ0) is 19.5. The van der Waals surface area contributed by atoms with E-state index in [-0.39, 0.29) is 5.92 Å². The Kier molecular flexibility index (Phi) is 5.58. The molecule has 0 aromatic heterocycles. The van der Waals surface area contributed by atoms with Crippen LogP contribution in [-0.2, 0) is 15.1 Å². The van der Waals surface area contributed by atoms with E-state index < -0.39 is 42.7 Å². The number of urea groups is 1. The number of halogens is 3. The predicted octanol–water partition coefficient (Wildman–Crippen LogP) is 2.16. The molecule has 0 aliphatic carbocycles. The van der Waals surface area contributed by atoms with Crippen LogP contribution < -0.4 is 10.6 Å². The maximum absolute atomic E-state index is 13.0. The van der Waals surface area contributed by atoms with Crippen LogP contribution in [0.1, 0.15) is 25.8 Å². The van der Waals surface area contributed by atoms with Crippen molar-refractivity contribution in [3.63, 3.8) is 0 Å². The highest BCUT2D eigenvalue weighted by Gasteiger charge is 2.52. The first kappa shape index (κ1) is 19.7. The second-order valence-electron chi connectivity index (χ2n) is 6.58. The van der Waals surface area contributed by atoms with Crippen molar-refractivity contribution >= 4 is 17.8 Å². The van der Waals surface area contributed by atoms with Gasteiger partial charge in [-0.1, -0.05) is 44.2 Å². The highest BCUT2D eigenvalue weighted by molar-refractivity contribution is 6.09. The first-order valence-electron chi connectivity index (χ1n) is 8.08. The number of benzene rings is 1. The SMILES string of the molecule is CC(C)C[C@@]1(c2ccccc2)NC(=O)N(CC(=O)NCC(F)(F)F)C1=O.